The molecule has 1 heterocycles. The van der Waals surface area contributed by atoms with E-state index in [0.717, 1.165) is 43.5 Å². The molecule has 2 aromatic carbocycles. The molecule has 1 fully saturated rings. The van der Waals surface area contributed by atoms with Gasteiger partial charge in [-0.3, -0.25) is 9.59 Å². The predicted molar refractivity (Wildman–Crippen MR) is 102 cm³/mol. The van der Waals surface area contributed by atoms with Crippen molar-refractivity contribution >= 4 is 17.5 Å². The van der Waals surface area contributed by atoms with Crippen LogP contribution in [0, 0.1) is 5.92 Å². The Morgan fingerprint density at radius 3 is 2.54 bits per heavy atom. The quantitative estimate of drug-likeness (QED) is 0.914. The van der Waals surface area contributed by atoms with Crippen molar-refractivity contribution in [3.63, 3.8) is 0 Å². The van der Waals surface area contributed by atoms with E-state index >= 15 is 0 Å². The average molecular weight is 348 g/mol. The van der Waals surface area contributed by atoms with Gasteiger partial charge in [0.2, 0.25) is 5.91 Å². The number of hydrogen-bond donors (Lipinski definition) is 1. The molecule has 1 aliphatic carbocycles. The number of benzene rings is 2. The van der Waals surface area contributed by atoms with Gasteiger partial charge >= 0.3 is 0 Å². The van der Waals surface area contributed by atoms with E-state index in [-0.39, 0.29) is 11.8 Å². The van der Waals surface area contributed by atoms with Gasteiger partial charge in [-0.15, -0.1) is 0 Å². The van der Waals surface area contributed by atoms with Crippen molar-refractivity contribution in [1.82, 2.24) is 4.90 Å². The van der Waals surface area contributed by atoms with Crippen LogP contribution in [0.15, 0.2) is 42.5 Å². The third-order valence-corrected chi connectivity index (χ3v) is 5.34. The first-order valence-corrected chi connectivity index (χ1v) is 9.45. The second-order valence-corrected chi connectivity index (χ2v) is 7.27. The highest BCUT2D eigenvalue weighted by atomic mass is 16.2. The number of fused-ring (bicyclic) bond motifs is 1. The fraction of sp³-hybridized carbons (Fsp3) is 0.364. The van der Waals surface area contributed by atoms with E-state index in [9.17, 15) is 9.59 Å². The summed E-state index contributed by atoms with van der Waals surface area (Å²) in [7, 11) is 0. The van der Waals surface area contributed by atoms with Gasteiger partial charge in [-0.1, -0.05) is 25.1 Å². The number of nitrogens with zero attached hydrogens (tertiary/aromatic N) is 1. The van der Waals surface area contributed by atoms with E-state index in [0.29, 0.717) is 18.0 Å². The summed E-state index contributed by atoms with van der Waals surface area (Å²) in [6, 6.07) is 13.7. The van der Waals surface area contributed by atoms with Crippen LogP contribution in [0.1, 0.15) is 46.8 Å². The Kier molecular flexibility index (Phi) is 4.49. The van der Waals surface area contributed by atoms with Crippen molar-refractivity contribution in [2.24, 2.45) is 5.92 Å². The largest absolute Gasteiger partial charge is 0.338 e. The maximum absolute atomic E-state index is 12.5. The Bertz CT molecular complexity index is 838. The van der Waals surface area contributed by atoms with Crippen LogP contribution in [0.25, 0.3) is 0 Å². The summed E-state index contributed by atoms with van der Waals surface area (Å²) in [5.41, 5.74) is 5.08. The lowest BCUT2D eigenvalue weighted by Gasteiger charge is -2.29. The topological polar surface area (TPSA) is 49.4 Å². The number of nitrogens with one attached hydrogen (secondary N) is 1. The zero-order valence-electron chi connectivity index (χ0n) is 15.1. The first-order valence-electron chi connectivity index (χ1n) is 9.45. The molecule has 4 nitrogen and oxygen atoms in total. The van der Waals surface area contributed by atoms with Crippen molar-refractivity contribution in [3.8, 4) is 0 Å². The minimum absolute atomic E-state index is 0.102. The maximum Gasteiger partial charge on any atom is 0.255 e. The van der Waals surface area contributed by atoms with Gasteiger partial charge in [-0.2, -0.15) is 0 Å². The second-order valence-electron chi connectivity index (χ2n) is 7.27. The molecule has 0 saturated heterocycles. The van der Waals surface area contributed by atoms with Crippen LogP contribution in [-0.4, -0.2) is 23.3 Å². The molecule has 0 spiro atoms. The number of rotatable bonds is 4. The van der Waals surface area contributed by atoms with Crippen LogP contribution in [0.3, 0.4) is 0 Å². The molecule has 1 N–H and O–H groups in total. The van der Waals surface area contributed by atoms with Gasteiger partial charge in [0, 0.05) is 30.3 Å². The first-order chi connectivity index (χ1) is 12.6. The Hall–Kier alpha value is -2.62. The maximum atomic E-state index is 12.5. The standard InChI is InChI=1S/C22H24N2O2/c1-2-15-3-5-17(6-4-15)21(25)23-20-10-9-16-11-12-24(14-19(16)13-20)22(26)18-7-8-18/h3-6,9-10,13,18H,2,7-8,11-12,14H2,1H3,(H,23,25). The summed E-state index contributed by atoms with van der Waals surface area (Å²) in [6.07, 6.45) is 3.92. The molecule has 2 aromatic rings. The lowest BCUT2D eigenvalue weighted by molar-refractivity contribution is -0.133. The van der Waals surface area contributed by atoms with Gasteiger partial charge < -0.3 is 10.2 Å². The summed E-state index contributed by atoms with van der Waals surface area (Å²) >= 11 is 0. The van der Waals surface area contributed by atoms with Crippen LogP contribution in [0.5, 0.6) is 0 Å². The fourth-order valence-electron chi connectivity index (χ4n) is 3.51. The molecule has 0 radical (unpaired) electrons. The summed E-state index contributed by atoms with van der Waals surface area (Å²) in [5, 5.41) is 2.98. The van der Waals surface area contributed by atoms with E-state index in [1.165, 1.54) is 11.1 Å². The van der Waals surface area contributed by atoms with E-state index in [2.05, 4.69) is 18.3 Å². The van der Waals surface area contributed by atoms with Crippen LogP contribution >= 0.6 is 0 Å². The van der Waals surface area contributed by atoms with Gasteiger partial charge in [0.05, 0.1) is 0 Å². The zero-order chi connectivity index (χ0) is 18.1. The molecular weight excluding hydrogens is 324 g/mol. The zero-order valence-corrected chi connectivity index (χ0v) is 15.1. The summed E-state index contributed by atoms with van der Waals surface area (Å²) in [6.45, 7) is 3.55. The number of hydrogen-bond acceptors (Lipinski definition) is 2. The second kappa shape index (κ2) is 6.94. The van der Waals surface area contributed by atoms with Crippen molar-refractivity contribution in [2.45, 2.75) is 39.2 Å². The summed E-state index contributed by atoms with van der Waals surface area (Å²) < 4.78 is 0. The molecule has 2 aliphatic rings. The average Bonchev–Trinajstić information content (AvgIpc) is 3.52. The molecule has 2 amide bonds. The lowest BCUT2D eigenvalue weighted by Crippen LogP contribution is -2.36. The van der Waals surface area contributed by atoms with E-state index in [1.807, 2.05) is 41.3 Å². The monoisotopic (exact) mass is 348 g/mol. The molecule has 134 valence electrons. The lowest BCUT2D eigenvalue weighted by atomic mass is 9.98. The molecule has 0 bridgehead atoms. The number of anilines is 1. The van der Waals surface area contributed by atoms with Gasteiger partial charge in [0.15, 0.2) is 0 Å². The third kappa shape index (κ3) is 3.50. The van der Waals surface area contributed by atoms with E-state index in [4.69, 9.17) is 0 Å². The molecule has 1 aliphatic heterocycles. The molecule has 4 heteroatoms. The van der Waals surface area contributed by atoms with Crippen LogP contribution in [-0.2, 0) is 24.2 Å². The Morgan fingerprint density at radius 2 is 1.85 bits per heavy atom. The SMILES string of the molecule is CCc1ccc(C(=O)Nc2ccc3c(c2)CN(C(=O)C2CC2)CC3)cc1. The molecule has 0 unspecified atom stereocenters. The molecular formula is C22H24N2O2. The van der Waals surface area contributed by atoms with Crippen LogP contribution < -0.4 is 5.32 Å². The van der Waals surface area contributed by atoms with E-state index < -0.39 is 0 Å². The summed E-state index contributed by atoms with van der Waals surface area (Å²) in [5.74, 6) is 0.445. The third-order valence-electron chi connectivity index (χ3n) is 5.34. The highest BCUT2D eigenvalue weighted by Crippen LogP contribution is 2.33. The molecule has 4 rings (SSSR count). The number of amides is 2. The Balaban J connectivity index is 1.47. The smallest absolute Gasteiger partial charge is 0.255 e. The highest BCUT2D eigenvalue weighted by Gasteiger charge is 2.34. The number of carbonyl (C=O) groups is 2. The number of carbonyl (C=O) groups excluding carboxylic acids is 2. The normalized spacial score (nSPS) is 16.1. The fourth-order valence-corrected chi connectivity index (χ4v) is 3.51. The predicted octanol–water partition coefficient (Wildman–Crippen LogP) is 3.80. The van der Waals surface area contributed by atoms with Crippen molar-refractivity contribution in [1.29, 1.82) is 0 Å². The molecule has 0 atom stereocenters. The van der Waals surface area contributed by atoms with Gasteiger partial charge in [-0.25, -0.2) is 0 Å². The van der Waals surface area contributed by atoms with Crippen LogP contribution in [0.2, 0.25) is 0 Å². The van der Waals surface area contributed by atoms with Crippen molar-refractivity contribution in [3.05, 3.63) is 64.7 Å². The summed E-state index contributed by atoms with van der Waals surface area (Å²) in [4.78, 5) is 26.8. The molecule has 1 saturated carbocycles. The van der Waals surface area contributed by atoms with Crippen LogP contribution in [0.4, 0.5) is 5.69 Å². The minimum Gasteiger partial charge on any atom is -0.338 e. The van der Waals surface area contributed by atoms with E-state index in [1.54, 1.807) is 0 Å². The number of aryl methyl sites for hydroxylation is 1. The van der Waals surface area contributed by atoms with Gasteiger partial charge in [-0.05, 0) is 66.6 Å². The molecule has 0 aromatic heterocycles. The Labute approximate surface area is 154 Å². The van der Waals surface area contributed by atoms with Crippen molar-refractivity contribution in [2.75, 3.05) is 11.9 Å². The molecule has 26 heavy (non-hydrogen) atoms. The Morgan fingerprint density at radius 1 is 1.08 bits per heavy atom. The minimum atomic E-state index is -0.102. The van der Waals surface area contributed by atoms with Crippen molar-refractivity contribution < 1.29 is 9.59 Å². The highest BCUT2D eigenvalue weighted by molar-refractivity contribution is 6.04. The van der Waals surface area contributed by atoms with Gasteiger partial charge in [0.1, 0.15) is 0 Å². The van der Waals surface area contributed by atoms with Gasteiger partial charge in [0.25, 0.3) is 5.91 Å². The first kappa shape index (κ1) is 16.8.